The summed E-state index contributed by atoms with van der Waals surface area (Å²) in [6.45, 7) is 2.55. The maximum atomic E-state index is 12.2. The second-order valence-corrected chi connectivity index (χ2v) is 7.19. The highest BCUT2D eigenvalue weighted by atomic mass is 32.1. The lowest BCUT2D eigenvalue weighted by Gasteiger charge is -2.05. The van der Waals surface area contributed by atoms with Gasteiger partial charge in [0.15, 0.2) is 5.13 Å². The standard InChI is InChI=1S/C21H22N4O2S/c1-15-9-11-17(12-10-15)23-20(27)25-21-24-18(14-28-21)19(26)22-13-5-8-16-6-3-2-4-7-16/h2-4,6-7,9-12,14H,5,8,13H2,1H3,(H,22,26)(H2,23,24,25,27). The molecule has 3 amide bonds. The van der Waals surface area contributed by atoms with Gasteiger partial charge in [-0.3, -0.25) is 10.1 Å². The summed E-state index contributed by atoms with van der Waals surface area (Å²) in [6, 6.07) is 17.2. The monoisotopic (exact) mass is 394 g/mol. The number of benzene rings is 2. The Bertz CT molecular complexity index is 923. The Morgan fingerprint density at radius 1 is 1.00 bits per heavy atom. The van der Waals surface area contributed by atoms with Crippen molar-refractivity contribution in [1.82, 2.24) is 10.3 Å². The van der Waals surface area contributed by atoms with Crippen molar-refractivity contribution in [2.75, 3.05) is 17.2 Å². The van der Waals surface area contributed by atoms with Crippen LogP contribution < -0.4 is 16.0 Å². The van der Waals surface area contributed by atoms with Crippen molar-refractivity contribution in [3.63, 3.8) is 0 Å². The molecule has 0 saturated heterocycles. The third-order valence-electron chi connectivity index (χ3n) is 4.04. The first-order valence-electron chi connectivity index (χ1n) is 9.02. The fourth-order valence-corrected chi connectivity index (χ4v) is 3.25. The summed E-state index contributed by atoms with van der Waals surface area (Å²) in [5.74, 6) is -0.240. The smallest absolute Gasteiger partial charge is 0.325 e. The zero-order valence-electron chi connectivity index (χ0n) is 15.6. The number of carbonyl (C=O) groups excluding carboxylic acids is 2. The van der Waals surface area contributed by atoms with Crippen LogP contribution in [0.3, 0.4) is 0 Å². The molecule has 0 saturated carbocycles. The molecule has 2 aromatic carbocycles. The van der Waals surface area contributed by atoms with Gasteiger partial charge in [0.05, 0.1) is 0 Å². The molecule has 6 nitrogen and oxygen atoms in total. The van der Waals surface area contributed by atoms with Crippen LogP contribution in [0, 0.1) is 6.92 Å². The first-order valence-corrected chi connectivity index (χ1v) is 9.90. The Hall–Kier alpha value is -3.19. The molecule has 144 valence electrons. The lowest BCUT2D eigenvalue weighted by molar-refractivity contribution is 0.0949. The number of hydrogen-bond donors (Lipinski definition) is 3. The summed E-state index contributed by atoms with van der Waals surface area (Å²) in [5, 5.41) is 10.2. The predicted octanol–water partition coefficient (Wildman–Crippen LogP) is 4.46. The Labute approximate surface area is 168 Å². The van der Waals surface area contributed by atoms with Crippen molar-refractivity contribution in [3.05, 3.63) is 76.8 Å². The highest BCUT2D eigenvalue weighted by Crippen LogP contribution is 2.16. The average molecular weight is 395 g/mol. The fraction of sp³-hybridized carbons (Fsp3) is 0.190. The van der Waals surface area contributed by atoms with E-state index >= 15 is 0 Å². The molecular weight excluding hydrogens is 372 g/mol. The van der Waals surface area contributed by atoms with Crippen LogP contribution in [0.4, 0.5) is 15.6 Å². The van der Waals surface area contributed by atoms with Crippen LogP contribution >= 0.6 is 11.3 Å². The Kier molecular flexibility index (Phi) is 6.75. The number of urea groups is 1. The van der Waals surface area contributed by atoms with Gasteiger partial charge in [-0.1, -0.05) is 48.0 Å². The minimum Gasteiger partial charge on any atom is -0.351 e. The maximum Gasteiger partial charge on any atom is 0.325 e. The molecule has 0 aliphatic heterocycles. The van der Waals surface area contributed by atoms with Crippen molar-refractivity contribution >= 4 is 34.1 Å². The molecule has 0 unspecified atom stereocenters. The molecule has 0 spiro atoms. The minimum absolute atomic E-state index is 0.240. The summed E-state index contributed by atoms with van der Waals surface area (Å²) >= 11 is 1.21. The number of nitrogens with zero attached hydrogens (tertiary/aromatic N) is 1. The summed E-state index contributed by atoms with van der Waals surface area (Å²) in [5.41, 5.74) is 3.35. The van der Waals surface area contributed by atoms with Gasteiger partial charge in [0, 0.05) is 17.6 Å². The van der Waals surface area contributed by atoms with Crippen molar-refractivity contribution in [2.24, 2.45) is 0 Å². The van der Waals surface area contributed by atoms with E-state index in [-0.39, 0.29) is 5.91 Å². The largest absolute Gasteiger partial charge is 0.351 e. The molecule has 0 radical (unpaired) electrons. The Morgan fingerprint density at radius 2 is 1.75 bits per heavy atom. The summed E-state index contributed by atoms with van der Waals surface area (Å²) < 4.78 is 0. The van der Waals surface area contributed by atoms with Gasteiger partial charge >= 0.3 is 6.03 Å². The lowest BCUT2D eigenvalue weighted by Crippen LogP contribution is -2.25. The number of thiazole rings is 1. The van der Waals surface area contributed by atoms with Crippen molar-refractivity contribution < 1.29 is 9.59 Å². The number of hydrogen-bond acceptors (Lipinski definition) is 4. The van der Waals surface area contributed by atoms with Crippen LogP contribution in [0.15, 0.2) is 60.0 Å². The van der Waals surface area contributed by atoms with Crippen LogP contribution in [0.25, 0.3) is 0 Å². The average Bonchev–Trinajstić information content (AvgIpc) is 3.16. The third kappa shape index (κ3) is 5.92. The van der Waals surface area contributed by atoms with Gasteiger partial charge in [-0.15, -0.1) is 11.3 Å². The van der Waals surface area contributed by atoms with Gasteiger partial charge in [0.1, 0.15) is 5.69 Å². The van der Waals surface area contributed by atoms with Gasteiger partial charge in [-0.05, 0) is 37.5 Å². The second-order valence-electron chi connectivity index (χ2n) is 6.33. The van der Waals surface area contributed by atoms with E-state index in [0.717, 1.165) is 18.4 Å². The van der Waals surface area contributed by atoms with E-state index in [1.165, 1.54) is 16.9 Å². The Morgan fingerprint density at radius 3 is 2.50 bits per heavy atom. The van der Waals surface area contributed by atoms with E-state index in [9.17, 15) is 9.59 Å². The highest BCUT2D eigenvalue weighted by Gasteiger charge is 2.12. The topological polar surface area (TPSA) is 83.1 Å². The molecule has 3 N–H and O–H groups in total. The summed E-state index contributed by atoms with van der Waals surface area (Å²) in [6.07, 6.45) is 1.76. The number of carbonyl (C=O) groups is 2. The summed E-state index contributed by atoms with van der Waals surface area (Å²) in [4.78, 5) is 28.4. The molecule has 3 aromatic rings. The van der Waals surface area contributed by atoms with Crippen LogP contribution in [0.5, 0.6) is 0 Å². The predicted molar refractivity (Wildman–Crippen MR) is 113 cm³/mol. The molecule has 1 heterocycles. The first kappa shape index (κ1) is 19.6. The van der Waals surface area contributed by atoms with Crippen LogP contribution in [-0.4, -0.2) is 23.5 Å². The van der Waals surface area contributed by atoms with Gasteiger partial charge < -0.3 is 10.6 Å². The van der Waals surface area contributed by atoms with Crippen LogP contribution in [-0.2, 0) is 6.42 Å². The highest BCUT2D eigenvalue weighted by molar-refractivity contribution is 7.14. The molecule has 28 heavy (non-hydrogen) atoms. The van der Waals surface area contributed by atoms with Crippen LogP contribution in [0.1, 0.15) is 28.0 Å². The van der Waals surface area contributed by atoms with E-state index in [1.54, 1.807) is 5.38 Å². The van der Waals surface area contributed by atoms with E-state index in [0.29, 0.717) is 23.1 Å². The molecule has 3 rings (SSSR count). The quantitative estimate of drug-likeness (QED) is 0.518. The van der Waals surface area contributed by atoms with Crippen LogP contribution in [0.2, 0.25) is 0 Å². The number of anilines is 2. The number of amides is 3. The molecule has 0 atom stereocenters. The zero-order valence-corrected chi connectivity index (χ0v) is 16.4. The molecule has 1 aromatic heterocycles. The Balaban J connectivity index is 1.43. The normalized spacial score (nSPS) is 10.3. The van der Waals surface area contributed by atoms with Crippen molar-refractivity contribution in [1.29, 1.82) is 0 Å². The zero-order chi connectivity index (χ0) is 19.8. The SMILES string of the molecule is Cc1ccc(NC(=O)Nc2nc(C(=O)NCCCc3ccccc3)cs2)cc1. The van der Waals surface area contributed by atoms with Crippen molar-refractivity contribution in [2.45, 2.75) is 19.8 Å². The summed E-state index contributed by atoms with van der Waals surface area (Å²) in [7, 11) is 0. The van der Waals surface area contributed by atoms with Gasteiger partial charge in [-0.2, -0.15) is 0 Å². The minimum atomic E-state index is -0.395. The first-order chi connectivity index (χ1) is 13.6. The third-order valence-corrected chi connectivity index (χ3v) is 4.80. The maximum absolute atomic E-state index is 12.2. The number of nitrogens with one attached hydrogen (secondary N) is 3. The number of aryl methyl sites for hydroxylation is 2. The fourth-order valence-electron chi connectivity index (χ4n) is 2.56. The van der Waals surface area contributed by atoms with Gasteiger partial charge in [0.2, 0.25) is 0 Å². The molecule has 0 aliphatic rings. The molecule has 0 fully saturated rings. The van der Waals surface area contributed by atoms with E-state index < -0.39 is 6.03 Å². The molecule has 0 aliphatic carbocycles. The van der Waals surface area contributed by atoms with Gasteiger partial charge in [0.25, 0.3) is 5.91 Å². The molecule has 7 heteroatoms. The van der Waals surface area contributed by atoms with E-state index in [4.69, 9.17) is 0 Å². The number of rotatable bonds is 7. The lowest BCUT2D eigenvalue weighted by atomic mass is 10.1. The molecule has 0 bridgehead atoms. The number of aromatic nitrogens is 1. The second kappa shape index (κ2) is 9.66. The van der Waals surface area contributed by atoms with E-state index in [1.807, 2.05) is 49.4 Å². The van der Waals surface area contributed by atoms with E-state index in [2.05, 4.69) is 33.1 Å². The van der Waals surface area contributed by atoms with Gasteiger partial charge in [-0.25, -0.2) is 9.78 Å². The van der Waals surface area contributed by atoms with Crippen molar-refractivity contribution in [3.8, 4) is 0 Å². The molecular formula is C21H22N4O2S.